The molecule has 0 saturated heterocycles. The molecule has 0 amide bonds. The summed E-state index contributed by atoms with van der Waals surface area (Å²) in [5.41, 5.74) is 16.0. The van der Waals surface area contributed by atoms with Crippen LogP contribution in [0.1, 0.15) is 27.7 Å². The standard InChI is InChI=1S/C58H49BN2O2/c1-57(2,62)58(3,4)63-59-46-34-44(47-29-17-19-31-49(47)53-38-60-55(42-25-13-7-14-26-42)36-51(53)40-21-9-5-10-22-40)33-45(35-46)48-30-18-20-32-50(48)54-39-61-56(43-27-15-8-16-28-43)37-52(54)41-23-11-6-12-24-41/h5-39,59,62H,1-4H3. The Kier molecular flexibility index (Phi) is 11.5. The Morgan fingerprint density at radius 3 is 1.10 bits per heavy atom. The molecule has 0 bridgehead atoms. The second-order valence-electron chi connectivity index (χ2n) is 17.1. The van der Waals surface area contributed by atoms with Crippen molar-refractivity contribution in [1.82, 2.24) is 9.97 Å². The third-order valence-electron chi connectivity index (χ3n) is 12.2. The summed E-state index contributed by atoms with van der Waals surface area (Å²) in [6.45, 7) is 7.47. The van der Waals surface area contributed by atoms with Crippen LogP contribution < -0.4 is 5.46 Å². The number of nitrogens with zero attached hydrogens (tertiary/aromatic N) is 2. The lowest BCUT2D eigenvalue weighted by molar-refractivity contribution is -0.0893. The summed E-state index contributed by atoms with van der Waals surface area (Å²) in [5, 5.41) is 11.1. The van der Waals surface area contributed by atoms with Crippen LogP contribution in [0.5, 0.6) is 0 Å². The fourth-order valence-electron chi connectivity index (χ4n) is 8.05. The number of aliphatic hydroxyl groups is 1. The Morgan fingerprint density at radius 1 is 0.365 bits per heavy atom. The van der Waals surface area contributed by atoms with E-state index in [1.807, 2.05) is 38.4 Å². The van der Waals surface area contributed by atoms with Crippen LogP contribution >= 0.6 is 0 Å². The topological polar surface area (TPSA) is 55.2 Å². The summed E-state index contributed by atoms with van der Waals surface area (Å²) in [6.07, 6.45) is 4.05. The van der Waals surface area contributed by atoms with Crippen molar-refractivity contribution in [3.63, 3.8) is 0 Å². The minimum Gasteiger partial charge on any atom is -0.427 e. The van der Waals surface area contributed by atoms with Gasteiger partial charge in [-0.15, -0.1) is 0 Å². The zero-order valence-electron chi connectivity index (χ0n) is 36.2. The van der Waals surface area contributed by atoms with Crippen LogP contribution in [0, 0.1) is 0 Å². The quantitative estimate of drug-likeness (QED) is 0.125. The lowest BCUT2D eigenvalue weighted by atomic mass is 9.79. The van der Waals surface area contributed by atoms with E-state index in [0.29, 0.717) is 7.48 Å². The highest BCUT2D eigenvalue weighted by Crippen LogP contribution is 2.43. The molecule has 4 nitrogen and oxygen atoms in total. The molecule has 5 heteroatoms. The number of hydrogen-bond acceptors (Lipinski definition) is 4. The highest BCUT2D eigenvalue weighted by atomic mass is 16.5. The summed E-state index contributed by atoms with van der Waals surface area (Å²) >= 11 is 0. The maximum absolute atomic E-state index is 11.1. The zero-order valence-corrected chi connectivity index (χ0v) is 36.2. The van der Waals surface area contributed by atoms with E-state index in [0.717, 1.165) is 94.7 Å². The lowest BCUT2D eigenvalue weighted by Gasteiger charge is -2.37. The minimum absolute atomic E-state index is 0.299. The van der Waals surface area contributed by atoms with Crippen LogP contribution in [0.2, 0.25) is 0 Å². The first kappa shape index (κ1) is 41.2. The van der Waals surface area contributed by atoms with Gasteiger partial charge >= 0.3 is 7.48 Å². The van der Waals surface area contributed by atoms with Crippen molar-refractivity contribution in [2.45, 2.75) is 38.9 Å². The number of pyridine rings is 2. The van der Waals surface area contributed by atoms with Crippen molar-refractivity contribution < 1.29 is 9.76 Å². The molecule has 306 valence electrons. The maximum atomic E-state index is 11.1. The number of aromatic nitrogens is 2. The lowest BCUT2D eigenvalue weighted by Crippen LogP contribution is -2.49. The largest absolute Gasteiger partial charge is 0.427 e. The Hall–Kier alpha value is -7.18. The molecule has 7 aromatic carbocycles. The second kappa shape index (κ2) is 17.7. The SMILES string of the molecule is CC(C)(O)C(C)(C)OBc1cc(-c2ccccc2-c2cnc(-c3ccccc3)cc2-c2ccccc2)cc(-c2ccccc2-c2cnc(-c3ccccc3)cc2-c2ccccc2)c1. The molecular formula is C58H49BN2O2. The van der Waals surface area contributed by atoms with Crippen molar-refractivity contribution >= 4 is 12.9 Å². The molecule has 0 aliphatic rings. The molecule has 2 heterocycles. The van der Waals surface area contributed by atoms with E-state index >= 15 is 0 Å². The van der Waals surface area contributed by atoms with Crippen LogP contribution in [-0.2, 0) is 4.65 Å². The van der Waals surface area contributed by atoms with Gasteiger partial charge in [0, 0.05) is 34.6 Å². The summed E-state index contributed by atoms with van der Waals surface area (Å²) < 4.78 is 6.59. The van der Waals surface area contributed by atoms with E-state index < -0.39 is 11.2 Å². The smallest absolute Gasteiger partial charge is 0.309 e. The predicted octanol–water partition coefficient (Wildman–Crippen LogP) is 13.4. The molecule has 2 aromatic heterocycles. The van der Waals surface area contributed by atoms with Crippen LogP contribution in [0.3, 0.4) is 0 Å². The van der Waals surface area contributed by atoms with Gasteiger partial charge in [-0.05, 0) is 102 Å². The van der Waals surface area contributed by atoms with Gasteiger partial charge in [0.25, 0.3) is 0 Å². The van der Waals surface area contributed by atoms with Crippen LogP contribution in [0.25, 0.3) is 89.3 Å². The average molecular weight is 817 g/mol. The normalized spacial score (nSPS) is 11.6. The zero-order chi connectivity index (χ0) is 43.4. The summed E-state index contributed by atoms with van der Waals surface area (Å²) in [6, 6.07) is 70.2. The molecule has 0 aliphatic carbocycles. The van der Waals surface area contributed by atoms with Crippen LogP contribution in [0.4, 0.5) is 0 Å². The first-order valence-electron chi connectivity index (χ1n) is 21.5. The predicted molar refractivity (Wildman–Crippen MR) is 264 cm³/mol. The van der Waals surface area contributed by atoms with E-state index in [4.69, 9.17) is 14.6 Å². The summed E-state index contributed by atoms with van der Waals surface area (Å²) in [7, 11) is 0.299. The first-order chi connectivity index (χ1) is 30.6. The minimum atomic E-state index is -1.06. The fraction of sp³-hybridized carbons (Fsp3) is 0.103. The Labute approximate surface area is 371 Å². The third kappa shape index (κ3) is 8.80. The van der Waals surface area contributed by atoms with Crippen LogP contribution in [-0.4, -0.2) is 33.8 Å². The van der Waals surface area contributed by atoms with Crippen molar-refractivity contribution in [1.29, 1.82) is 0 Å². The van der Waals surface area contributed by atoms with E-state index in [1.165, 1.54) is 0 Å². The van der Waals surface area contributed by atoms with Crippen LogP contribution in [0.15, 0.2) is 213 Å². The van der Waals surface area contributed by atoms with Gasteiger partial charge in [-0.1, -0.05) is 187 Å². The highest BCUT2D eigenvalue weighted by molar-refractivity contribution is 6.47. The van der Waals surface area contributed by atoms with Crippen molar-refractivity contribution in [3.05, 3.63) is 213 Å². The average Bonchev–Trinajstić information content (AvgIpc) is 3.33. The van der Waals surface area contributed by atoms with Crippen molar-refractivity contribution in [3.8, 4) is 89.3 Å². The van der Waals surface area contributed by atoms with E-state index in [9.17, 15) is 5.11 Å². The molecule has 9 aromatic rings. The molecule has 0 fully saturated rings. The molecule has 0 saturated carbocycles. The van der Waals surface area contributed by atoms with Gasteiger partial charge in [0.05, 0.1) is 22.6 Å². The molecule has 0 spiro atoms. The maximum Gasteiger partial charge on any atom is 0.309 e. The first-order valence-corrected chi connectivity index (χ1v) is 21.5. The molecule has 0 unspecified atom stereocenters. The Balaban J connectivity index is 1.23. The molecule has 0 radical (unpaired) electrons. The molecule has 0 atom stereocenters. The highest BCUT2D eigenvalue weighted by Gasteiger charge is 2.35. The molecule has 1 N–H and O–H groups in total. The molecule has 9 rings (SSSR count). The van der Waals surface area contributed by atoms with Gasteiger partial charge in [-0.3, -0.25) is 9.97 Å². The number of benzene rings is 7. The Morgan fingerprint density at radius 2 is 0.714 bits per heavy atom. The third-order valence-corrected chi connectivity index (χ3v) is 12.2. The van der Waals surface area contributed by atoms with Gasteiger partial charge < -0.3 is 9.76 Å². The fourth-order valence-corrected chi connectivity index (χ4v) is 8.05. The van der Waals surface area contributed by atoms with Crippen molar-refractivity contribution in [2.24, 2.45) is 0 Å². The van der Waals surface area contributed by atoms with E-state index in [1.54, 1.807) is 13.8 Å². The van der Waals surface area contributed by atoms with Crippen molar-refractivity contribution in [2.75, 3.05) is 0 Å². The molecular weight excluding hydrogens is 767 g/mol. The molecule has 0 aliphatic heterocycles. The van der Waals surface area contributed by atoms with Gasteiger partial charge in [0.1, 0.15) is 0 Å². The van der Waals surface area contributed by atoms with Gasteiger partial charge in [0.2, 0.25) is 0 Å². The van der Waals surface area contributed by atoms with Gasteiger partial charge in [0.15, 0.2) is 0 Å². The van der Waals surface area contributed by atoms with E-state index in [2.05, 4.69) is 188 Å². The number of rotatable bonds is 12. The monoisotopic (exact) mass is 816 g/mol. The Bertz CT molecular complexity index is 2810. The van der Waals surface area contributed by atoms with E-state index in [-0.39, 0.29) is 0 Å². The second-order valence-corrected chi connectivity index (χ2v) is 17.1. The molecule has 63 heavy (non-hydrogen) atoms. The summed E-state index contributed by atoms with van der Waals surface area (Å²) in [4.78, 5) is 10.1. The summed E-state index contributed by atoms with van der Waals surface area (Å²) in [5.74, 6) is 0. The number of hydrogen-bond donors (Lipinski definition) is 1. The van der Waals surface area contributed by atoms with Gasteiger partial charge in [-0.25, -0.2) is 0 Å². The van der Waals surface area contributed by atoms with Gasteiger partial charge in [-0.2, -0.15) is 0 Å².